The van der Waals surface area contributed by atoms with Crippen LogP contribution in [-0.4, -0.2) is 18.2 Å². The second-order valence-electron chi connectivity index (χ2n) is 5.80. The van der Waals surface area contributed by atoms with E-state index in [9.17, 15) is 15.0 Å². The van der Waals surface area contributed by atoms with Crippen LogP contribution in [0.1, 0.15) is 23.1 Å². The van der Waals surface area contributed by atoms with Crippen LogP contribution in [0.5, 0.6) is 0 Å². The minimum Gasteiger partial charge on any atom is -0.848 e. The van der Waals surface area contributed by atoms with Gasteiger partial charge in [-0.25, -0.2) is 0 Å². The average Bonchev–Trinajstić information content (AvgIpc) is 2.62. The molecule has 138 valence electrons. The van der Waals surface area contributed by atoms with E-state index in [4.69, 9.17) is 5.73 Å². The SMILES string of the molecule is NC([O-])([O-])c1ccc(CCNC(=O)CCS/C=C\c2ccccc2)cc1. The van der Waals surface area contributed by atoms with E-state index in [2.05, 4.69) is 5.32 Å². The van der Waals surface area contributed by atoms with Crippen molar-refractivity contribution in [3.8, 4) is 0 Å². The molecule has 0 spiro atoms. The molecule has 0 fully saturated rings. The minimum atomic E-state index is -2.82. The van der Waals surface area contributed by atoms with Crippen molar-refractivity contribution < 1.29 is 15.0 Å². The number of thioether (sulfide) groups is 1. The van der Waals surface area contributed by atoms with Crippen LogP contribution in [0.15, 0.2) is 60.0 Å². The van der Waals surface area contributed by atoms with Crippen molar-refractivity contribution in [3.63, 3.8) is 0 Å². The highest BCUT2D eigenvalue weighted by molar-refractivity contribution is 8.02. The van der Waals surface area contributed by atoms with Crippen LogP contribution >= 0.6 is 11.8 Å². The van der Waals surface area contributed by atoms with Crippen LogP contribution in [0.25, 0.3) is 6.08 Å². The number of carbonyl (C=O) groups excluding carboxylic acids is 1. The summed E-state index contributed by atoms with van der Waals surface area (Å²) in [6.45, 7) is 0.505. The Hall–Kier alpha value is -2.12. The van der Waals surface area contributed by atoms with Crippen LogP contribution in [-0.2, 0) is 17.1 Å². The molecule has 0 aliphatic rings. The monoisotopic (exact) mass is 370 g/mol. The van der Waals surface area contributed by atoms with Gasteiger partial charge in [-0.15, -0.1) is 17.7 Å². The summed E-state index contributed by atoms with van der Waals surface area (Å²) < 4.78 is 0. The Labute approximate surface area is 157 Å². The fourth-order valence-electron chi connectivity index (χ4n) is 2.25. The molecule has 0 saturated carbocycles. The summed E-state index contributed by atoms with van der Waals surface area (Å²) in [5.74, 6) is -2.10. The second-order valence-corrected chi connectivity index (χ2v) is 6.81. The second kappa shape index (κ2) is 10.1. The lowest BCUT2D eigenvalue weighted by atomic mass is 10.1. The fourth-order valence-corrected chi connectivity index (χ4v) is 2.94. The van der Waals surface area contributed by atoms with Gasteiger partial charge in [-0.1, -0.05) is 60.2 Å². The molecule has 0 atom stereocenters. The van der Waals surface area contributed by atoms with Crippen molar-refractivity contribution in [2.75, 3.05) is 12.3 Å². The Morgan fingerprint density at radius 2 is 1.81 bits per heavy atom. The first-order valence-corrected chi connectivity index (χ1v) is 9.39. The molecular weight excluding hydrogens is 348 g/mol. The van der Waals surface area contributed by atoms with E-state index in [0.29, 0.717) is 19.4 Å². The maximum atomic E-state index is 11.8. The molecule has 2 aromatic carbocycles. The summed E-state index contributed by atoms with van der Waals surface area (Å²) in [5.41, 5.74) is 7.04. The van der Waals surface area contributed by atoms with Crippen molar-refractivity contribution >= 4 is 23.7 Å². The molecule has 0 unspecified atom stereocenters. The molecule has 0 heterocycles. The molecule has 0 bridgehead atoms. The number of rotatable bonds is 9. The molecule has 3 N–H and O–H groups in total. The Kier molecular flexibility index (Phi) is 7.87. The third-order valence-electron chi connectivity index (χ3n) is 3.70. The highest BCUT2D eigenvalue weighted by atomic mass is 32.2. The van der Waals surface area contributed by atoms with Crippen molar-refractivity contribution in [3.05, 3.63) is 76.7 Å². The van der Waals surface area contributed by atoms with Crippen molar-refractivity contribution in [1.82, 2.24) is 5.32 Å². The zero-order valence-corrected chi connectivity index (χ0v) is 15.2. The quantitative estimate of drug-likeness (QED) is 0.505. The maximum Gasteiger partial charge on any atom is 0.220 e. The standard InChI is InChI=1S/C20H22N2O3S/c21-20(24,25)18-8-6-17(7-9-18)10-13-22-19(23)12-15-26-14-11-16-4-2-1-3-5-16/h1-9,11,14H,10,12-13,15,21H2,(H,22,23)/q-2/b14-11-. The van der Waals surface area contributed by atoms with Gasteiger partial charge in [0.05, 0.1) is 0 Å². The van der Waals surface area contributed by atoms with E-state index in [0.717, 1.165) is 16.9 Å². The zero-order chi connectivity index (χ0) is 18.8. The van der Waals surface area contributed by atoms with E-state index < -0.39 is 5.91 Å². The molecule has 0 aliphatic heterocycles. The number of benzene rings is 2. The van der Waals surface area contributed by atoms with Crippen molar-refractivity contribution in [2.24, 2.45) is 5.73 Å². The third-order valence-corrected chi connectivity index (χ3v) is 4.46. The van der Waals surface area contributed by atoms with Gasteiger partial charge in [0.15, 0.2) is 0 Å². The van der Waals surface area contributed by atoms with Gasteiger partial charge in [0.2, 0.25) is 5.91 Å². The number of hydrogen-bond donors (Lipinski definition) is 2. The van der Waals surface area contributed by atoms with Gasteiger partial charge >= 0.3 is 0 Å². The molecule has 0 saturated heterocycles. The van der Waals surface area contributed by atoms with Crippen molar-refractivity contribution in [2.45, 2.75) is 18.8 Å². The number of carbonyl (C=O) groups is 1. The molecule has 6 heteroatoms. The summed E-state index contributed by atoms with van der Waals surface area (Å²) in [4.78, 5) is 11.8. The zero-order valence-electron chi connectivity index (χ0n) is 14.4. The van der Waals surface area contributed by atoms with E-state index in [1.165, 1.54) is 12.1 Å². The van der Waals surface area contributed by atoms with Gasteiger partial charge in [0, 0.05) is 18.7 Å². The van der Waals surface area contributed by atoms with Crippen LogP contribution < -0.4 is 21.3 Å². The molecule has 5 nitrogen and oxygen atoms in total. The van der Waals surface area contributed by atoms with Crippen LogP contribution in [0.4, 0.5) is 0 Å². The van der Waals surface area contributed by atoms with Crippen LogP contribution in [0, 0.1) is 0 Å². The molecule has 1 amide bonds. The van der Waals surface area contributed by atoms with Crippen molar-refractivity contribution in [1.29, 1.82) is 0 Å². The Balaban J connectivity index is 1.61. The lowest BCUT2D eigenvalue weighted by molar-refractivity contribution is -0.734. The van der Waals surface area contributed by atoms with Gasteiger partial charge < -0.3 is 21.3 Å². The van der Waals surface area contributed by atoms with E-state index in [1.54, 1.807) is 23.9 Å². The Morgan fingerprint density at radius 3 is 2.46 bits per heavy atom. The summed E-state index contributed by atoms with van der Waals surface area (Å²) in [6, 6.07) is 16.2. The van der Waals surface area contributed by atoms with Gasteiger partial charge in [0.25, 0.3) is 0 Å². The summed E-state index contributed by atoms with van der Waals surface area (Å²) in [7, 11) is 0. The topological polar surface area (TPSA) is 101 Å². The van der Waals surface area contributed by atoms with Gasteiger partial charge in [-0.05, 0) is 29.0 Å². The maximum absolute atomic E-state index is 11.8. The summed E-state index contributed by atoms with van der Waals surface area (Å²) >= 11 is 1.60. The molecule has 2 rings (SSSR count). The molecular formula is C20H22N2O3S-2. The molecule has 0 radical (unpaired) electrons. The average molecular weight is 370 g/mol. The molecule has 2 aromatic rings. The predicted molar refractivity (Wildman–Crippen MR) is 102 cm³/mol. The highest BCUT2D eigenvalue weighted by Gasteiger charge is 2.02. The fraction of sp³-hybridized carbons (Fsp3) is 0.250. The first-order chi connectivity index (χ1) is 12.4. The first kappa shape index (κ1) is 20.2. The molecule has 0 aromatic heterocycles. The van der Waals surface area contributed by atoms with E-state index in [1.807, 2.05) is 41.8 Å². The minimum absolute atomic E-state index is 0.00215. The number of nitrogens with two attached hydrogens (primary N) is 1. The van der Waals surface area contributed by atoms with Gasteiger partial charge in [-0.3, -0.25) is 4.79 Å². The smallest absolute Gasteiger partial charge is 0.220 e. The third kappa shape index (κ3) is 7.41. The Morgan fingerprint density at radius 1 is 1.12 bits per heavy atom. The highest BCUT2D eigenvalue weighted by Crippen LogP contribution is 2.10. The predicted octanol–water partition coefficient (Wildman–Crippen LogP) is 0.929. The van der Waals surface area contributed by atoms with Crippen LogP contribution in [0.2, 0.25) is 0 Å². The van der Waals surface area contributed by atoms with Gasteiger partial charge in [0.1, 0.15) is 0 Å². The summed E-state index contributed by atoms with van der Waals surface area (Å²) in [6.07, 6.45) is 3.10. The first-order valence-electron chi connectivity index (χ1n) is 8.34. The number of amides is 1. The lowest BCUT2D eigenvalue weighted by Crippen LogP contribution is -2.60. The van der Waals surface area contributed by atoms with Gasteiger partial charge in [-0.2, -0.15) is 0 Å². The largest absolute Gasteiger partial charge is 0.848 e. The number of hydrogen-bond acceptors (Lipinski definition) is 5. The molecule has 26 heavy (non-hydrogen) atoms. The normalized spacial score (nSPS) is 11.7. The molecule has 0 aliphatic carbocycles. The Bertz CT molecular complexity index is 710. The van der Waals surface area contributed by atoms with E-state index >= 15 is 0 Å². The van der Waals surface area contributed by atoms with E-state index in [-0.39, 0.29) is 11.5 Å². The summed E-state index contributed by atoms with van der Waals surface area (Å²) in [5, 5.41) is 27.1. The number of nitrogens with one attached hydrogen (secondary N) is 1. The lowest BCUT2D eigenvalue weighted by Gasteiger charge is -2.44. The van der Waals surface area contributed by atoms with Crippen LogP contribution in [0.3, 0.4) is 0 Å².